The van der Waals surface area contributed by atoms with E-state index in [1.54, 1.807) is 29.1 Å². The van der Waals surface area contributed by atoms with Crippen LogP contribution in [0.1, 0.15) is 10.4 Å². The molecule has 1 N–H and O–H groups in total. The Labute approximate surface area is 176 Å². The minimum atomic E-state index is -0.357. The topological polar surface area (TPSA) is 68.9 Å². The quantitative estimate of drug-likeness (QED) is 0.512. The van der Waals surface area contributed by atoms with Crippen molar-refractivity contribution in [2.45, 2.75) is 20.0 Å². The summed E-state index contributed by atoms with van der Waals surface area (Å²) >= 11 is 1.07. The third kappa shape index (κ3) is 4.23. The number of aromatic nitrogens is 3. The minimum absolute atomic E-state index is 0.146. The molecule has 2 aromatic carbocycles. The van der Waals surface area contributed by atoms with Gasteiger partial charge in [0.2, 0.25) is 5.91 Å². The van der Waals surface area contributed by atoms with Crippen molar-refractivity contribution in [2.24, 2.45) is 0 Å². The number of rotatable bonds is 6. The number of hydrogen-bond acceptors (Lipinski definition) is 4. The first kappa shape index (κ1) is 19.8. The van der Waals surface area contributed by atoms with E-state index >= 15 is 0 Å². The molecule has 6 nitrogen and oxygen atoms in total. The van der Waals surface area contributed by atoms with E-state index in [9.17, 15) is 14.0 Å². The van der Waals surface area contributed by atoms with E-state index in [1.807, 2.05) is 37.3 Å². The summed E-state index contributed by atoms with van der Waals surface area (Å²) in [5.74, 6) is -0.148. The van der Waals surface area contributed by atoms with Gasteiger partial charge in [0.15, 0.2) is 0 Å². The number of halogens is 1. The van der Waals surface area contributed by atoms with Crippen LogP contribution in [0.25, 0.3) is 11.3 Å². The Bertz CT molecular complexity index is 1230. The molecule has 2 aromatic heterocycles. The van der Waals surface area contributed by atoms with Crippen molar-refractivity contribution >= 4 is 23.1 Å². The van der Waals surface area contributed by atoms with Gasteiger partial charge >= 0.3 is 4.87 Å². The lowest BCUT2D eigenvalue weighted by Crippen LogP contribution is -2.26. The zero-order valence-electron chi connectivity index (χ0n) is 16.2. The summed E-state index contributed by atoms with van der Waals surface area (Å²) in [6.45, 7) is 2.18. The third-order valence-electron chi connectivity index (χ3n) is 4.64. The first-order chi connectivity index (χ1) is 14.5. The van der Waals surface area contributed by atoms with Crippen LogP contribution in [0, 0.1) is 12.7 Å². The van der Waals surface area contributed by atoms with Crippen LogP contribution in [0.15, 0.2) is 71.7 Å². The zero-order valence-corrected chi connectivity index (χ0v) is 17.0. The molecule has 0 aliphatic rings. The maximum absolute atomic E-state index is 13.3. The fourth-order valence-corrected chi connectivity index (χ4v) is 4.13. The van der Waals surface area contributed by atoms with Crippen molar-refractivity contribution in [3.8, 4) is 11.3 Å². The Balaban J connectivity index is 1.54. The van der Waals surface area contributed by atoms with Crippen LogP contribution in [-0.4, -0.2) is 20.3 Å². The Morgan fingerprint density at radius 1 is 1.10 bits per heavy atom. The van der Waals surface area contributed by atoms with E-state index in [4.69, 9.17) is 0 Å². The highest BCUT2D eigenvalue weighted by atomic mass is 32.1. The number of benzene rings is 2. The second-order valence-electron chi connectivity index (χ2n) is 6.77. The maximum atomic E-state index is 13.3. The first-order valence-corrected chi connectivity index (χ1v) is 10.1. The van der Waals surface area contributed by atoms with Crippen molar-refractivity contribution in [3.63, 3.8) is 0 Å². The molecule has 0 unspecified atom stereocenters. The van der Waals surface area contributed by atoms with Gasteiger partial charge in [-0.2, -0.15) is 5.10 Å². The van der Waals surface area contributed by atoms with Crippen LogP contribution in [0.2, 0.25) is 0 Å². The molecule has 0 bridgehead atoms. The van der Waals surface area contributed by atoms with Crippen molar-refractivity contribution in [1.29, 1.82) is 0 Å². The molecule has 0 fully saturated rings. The van der Waals surface area contributed by atoms with Crippen LogP contribution in [-0.2, 0) is 17.9 Å². The number of carbonyl (C=O) groups is 1. The van der Waals surface area contributed by atoms with E-state index in [2.05, 4.69) is 10.4 Å². The molecule has 0 saturated heterocycles. The average molecular weight is 422 g/mol. The molecule has 4 aromatic rings. The third-order valence-corrected chi connectivity index (χ3v) is 5.54. The van der Waals surface area contributed by atoms with Gasteiger partial charge in [0.25, 0.3) is 0 Å². The van der Waals surface area contributed by atoms with E-state index in [0.717, 1.165) is 21.8 Å². The summed E-state index contributed by atoms with van der Waals surface area (Å²) in [5.41, 5.74) is 2.37. The van der Waals surface area contributed by atoms with Crippen LogP contribution < -0.4 is 10.2 Å². The smallest absolute Gasteiger partial charge is 0.308 e. The monoisotopic (exact) mass is 422 g/mol. The highest BCUT2D eigenvalue weighted by molar-refractivity contribution is 7.09. The van der Waals surface area contributed by atoms with Gasteiger partial charge in [-0.15, -0.1) is 0 Å². The number of nitrogens with one attached hydrogen (secondary N) is 1. The predicted octanol–water partition coefficient (Wildman–Crippen LogP) is 3.91. The van der Waals surface area contributed by atoms with E-state index in [1.165, 1.54) is 16.7 Å². The van der Waals surface area contributed by atoms with Crippen molar-refractivity contribution in [1.82, 2.24) is 14.3 Å². The Morgan fingerprint density at radius 3 is 2.57 bits per heavy atom. The molecule has 8 heteroatoms. The zero-order chi connectivity index (χ0) is 21.1. The summed E-state index contributed by atoms with van der Waals surface area (Å²) in [5, 5.41) is 7.10. The van der Waals surface area contributed by atoms with E-state index in [-0.39, 0.29) is 23.1 Å². The molecule has 0 radical (unpaired) electrons. The van der Waals surface area contributed by atoms with Crippen LogP contribution in [0.3, 0.4) is 0 Å². The summed E-state index contributed by atoms with van der Waals surface area (Å²) < 4.78 is 16.4. The van der Waals surface area contributed by atoms with Gasteiger partial charge in [-0.25, -0.2) is 9.07 Å². The largest absolute Gasteiger partial charge is 0.309 e. The van der Waals surface area contributed by atoms with Gasteiger partial charge in [0.05, 0.1) is 18.4 Å². The Hall–Kier alpha value is -3.52. The van der Waals surface area contributed by atoms with Crippen LogP contribution in [0.5, 0.6) is 0 Å². The van der Waals surface area contributed by atoms with E-state index < -0.39 is 0 Å². The molecule has 30 heavy (non-hydrogen) atoms. The number of aryl methyl sites for hydroxylation is 1. The first-order valence-electron chi connectivity index (χ1n) is 9.33. The number of thiazole rings is 1. The van der Waals surface area contributed by atoms with Gasteiger partial charge in [-0.05, 0) is 42.3 Å². The number of hydrogen-bond donors (Lipinski definition) is 1. The maximum Gasteiger partial charge on any atom is 0.308 e. The van der Waals surface area contributed by atoms with Crippen LogP contribution >= 0.6 is 11.3 Å². The predicted molar refractivity (Wildman–Crippen MR) is 115 cm³/mol. The van der Waals surface area contributed by atoms with Gasteiger partial charge in [0.1, 0.15) is 18.2 Å². The fraction of sp³-hybridized carbons (Fsp3) is 0.136. The summed E-state index contributed by atoms with van der Waals surface area (Å²) in [6.07, 6.45) is 1.61. The molecule has 152 valence electrons. The average Bonchev–Trinajstić information content (AvgIpc) is 3.27. The number of amides is 1. The molecular formula is C22H19FN4O2S. The normalized spacial score (nSPS) is 10.9. The molecule has 0 saturated carbocycles. The van der Waals surface area contributed by atoms with Gasteiger partial charge in [0, 0.05) is 10.9 Å². The molecule has 2 heterocycles. The lowest BCUT2D eigenvalue weighted by molar-refractivity contribution is -0.116. The standard InChI is InChI=1S/C22H19FN4O2S/c1-15-21(17-7-9-18(23)10-8-17)26(22(29)30-15)14-20(28)25-19-11-12-24-27(19)13-16-5-3-2-4-6-16/h2-12H,13-14H2,1H3,(H,25,28). The highest BCUT2D eigenvalue weighted by Crippen LogP contribution is 2.25. The second kappa shape index (κ2) is 8.46. The molecule has 0 spiro atoms. The lowest BCUT2D eigenvalue weighted by Gasteiger charge is -2.11. The van der Waals surface area contributed by atoms with Crippen LogP contribution in [0.4, 0.5) is 10.2 Å². The summed E-state index contributed by atoms with van der Waals surface area (Å²) in [7, 11) is 0. The van der Waals surface area contributed by atoms with E-state index in [0.29, 0.717) is 23.6 Å². The van der Waals surface area contributed by atoms with Crippen molar-refractivity contribution < 1.29 is 9.18 Å². The second-order valence-corrected chi connectivity index (χ2v) is 7.94. The SMILES string of the molecule is Cc1sc(=O)n(CC(=O)Nc2ccnn2Cc2ccccc2)c1-c1ccc(F)cc1. The number of carbonyl (C=O) groups excluding carboxylic acids is 1. The summed E-state index contributed by atoms with van der Waals surface area (Å²) in [6, 6.07) is 17.4. The molecule has 4 rings (SSSR count). The Kier molecular flexibility index (Phi) is 5.58. The minimum Gasteiger partial charge on any atom is -0.309 e. The highest BCUT2D eigenvalue weighted by Gasteiger charge is 2.17. The van der Waals surface area contributed by atoms with Crippen molar-refractivity contribution in [2.75, 3.05) is 5.32 Å². The molecule has 0 aliphatic heterocycles. The van der Waals surface area contributed by atoms with Crippen molar-refractivity contribution in [3.05, 3.63) is 92.8 Å². The van der Waals surface area contributed by atoms with Gasteiger partial charge in [-0.1, -0.05) is 41.7 Å². The summed E-state index contributed by atoms with van der Waals surface area (Å²) in [4.78, 5) is 25.7. The molecule has 0 aliphatic carbocycles. The van der Waals surface area contributed by atoms with Gasteiger partial charge in [-0.3, -0.25) is 14.2 Å². The number of anilines is 1. The fourth-order valence-electron chi connectivity index (χ4n) is 3.27. The lowest BCUT2D eigenvalue weighted by atomic mass is 10.1. The Morgan fingerprint density at radius 2 is 1.83 bits per heavy atom. The van der Waals surface area contributed by atoms with Gasteiger partial charge < -0.3 is 5.32 Å². The molecule has 0 atom stereocenters. The molecular weight excluding hydrogens is 403 g/mol. The number of nitrogens with zero attached hydrogens (tertiary/aromatic N) is 3. The molecule has 1 amide bonds.